The van der Waals surface area contributed by atoms with Crippen LogP contribution in [-0.2, 0) is 17.9 Å². The molecule has 4 nitrogen and oxygen atoms in total. The first-order valence-corrected chi connectivity index (χ1v) is 13.4. The molecule has 2 aromatic carbocycles. The second kappa shape index (κ2) is 11.0. The third kappa shape index (κ3) is 5.67. The highest BCUT2D eigenvalue weighted by atomic mass is 35.5. The van der Waals surface area contributed by atoms with Crippen LogP contribution in [-0.4, -0.2) is 34.5 Å². The van der Waals surface area contributed by atoms with E-state index < -0.39 is 0 Å². The summed E-state index contributed by atoms with van der Waals surface area (Å²) >= 11 is 6.10. The maximum absolute atomic E-state index is 12.9. The van der Waals surface area contributed by atoms with Gasteiger partial charge < -0.3 is 9.88 Å². The molecule has 1 saturated carbocycles. The minimum Gasteiger partial charge on any atom is -0.353 e. The van der Waals surface area contributed by atoms with E-state index >= 15 is 0 Å². The number of likely N-dealkylation sites (tertiary alicyclic amines) is 1. The number of fused-ring (bicyclic) bond motifs is 1. The van der Waals surface area contributed by atoms with Crippen molar-refractivity contribution in [2.75, 3.05) is 13.1 Å². The molecule has 1 amide bonds. The molecular weight excluding hydrogens is 442 g/mol. The SMILES string of the molecule is O=C(NC1CCCCCC1)C1CCN(Cc2cc3ccccc3n2Cc2ccc(Cl)cc2)CC1. The van der Waals surface area contributed by atoms with Crippen LogP contribution in [0.4, 0.5) is 0 Å². The number of nitrogens with one attached hydrogen (secondary N) is 1. The van der Waals surface area contributed by atoms with Gasteiger partial charge in [-0.1, -0.05) is 67.6 Å². The topological polar surface area (TPSA) is 37.3 Å². The van der Waals surface area contributed by atoms with Crippen LogP contribution in [0.2, 0.25) is 5.02 Å². The molecule has 2 fully saturated rings. The van der Waals surface area contributed by atoms with Gasteiger partial charge in [0.1, 0.15) is 0 Å². The first kappa shape index (κ1) is 23.4. The molecule has 2 heterocycles. The first-order valence-electron chi connectivity index (χ1n) is 13.0. The van der Waals surface area contributed by atoms with Crippen LogP contribution in [0.1, 0.15) is 62.6 Å². The molecule has 2 aliphatic rings. The van der Waals surface area contributed by atoms with E-state index in [1.807, 2.05) is 12.1 Å². The van der Waals surface area contributed by atoms with E-state index in [-0.39, 0.29) is 5.92 Å². The molecule has 34 heavy (non-hydrogen) atoms. The van der Waals surface area contributed by atoms with Crippen molar-refractivity contribution in [2.24, 2.45) is 5.92 Å². The number of benzene rings is 2. The van der Waals surface area contributed by atoms with Crippen LogP contribution in [0, 0.1) is 5.92 Å². The van der Waals surface area contributed by atoms with E-state index in [1.165, 1.54) is 47.8 Å². The minimum atomic E-state index is 0.166. The number of para-hydroxylation sites is 1. The fourth-order valence-electron chi connectivity index (χ4n) is 5.68. The number of carbonyl (C=O) groups is 1. The lowest BCUT2D eigenvalue weighted by Gasteiger charge is -2.32. The third-order valence-electron chi connectivity index (χ3n) is 7.70. The molecule has 1 aliphatic carbocycles. The molecular formula is C29H36ClN3O. The highest BCUT2D eigenvalue weighted by Gasteiger charge is 2.27. The zero-order valence-electron chi connectivity index (χ0n) is 20.0. The molecule has 0 spiro atoms. The lowest BCUT2D eigenvalue weighted by molar-refractivity contribution is -0.127. The number of carbonyl (C=O) groups excluding carboxylic acids is 1. The summed E-state index contributed by atoms with van der Waals surface area (Å²) in [7, 11) is 0. The summed E-state index contributed by atoms with van der Waals surface area (Å²) in [4.78, 5) is 15.4. The van der Waals surface area contributed by atoms with Crippen molar-refractivity contribution in [3.8, 4) is 0 Å². The number of hydrogen-bond donors (Lipinski definition) is 1. The molecule has 180 valence electrons. The van der Waals surface area contributed by atoms with Gasteiger partial charge in [-0.05, 0) is 74.0 Å². The van der Waals surface area contributed by atoms with Gasteiger partial charge in [-0.25, -0.2) is 0 Å². The summed E-state index contributed by atoms with van der Waals surface area (Å²) in [5.74, 6) is 0.461. The Balaban J connectivity index is 1.22. The average Bonchev–Trinajstić information content (AvgIpc) is 3.00. The van der Waals surface area contributed by atoms with Crippen molar-refractivity contribution < 1.29 is 4.79 Å². The highest BCUT2D eigenvalue weighted by Crippen LogP contribution is 2.26. The molecule has 1 aliphatic heterocycles. The van der Waals surface area contributed by atoms with E-state index in [4.69, 9.17) is 11.6 Å². The standard InChI is InChI=1S/C29H36ClN3O/c30-25-13-11-22(12-14-25)20-33-27(19-24-7-5-6-10-28(24)33)21-32-17-15-23(16-18-32)29(34)31-26-8-3-1-2-4-9-26/h5-7,10-14,19,23,26H,1-4,8-9,15-18,20-21H2,(H,31,34). The zero-order chi connectivity index (χ0) is 23.3. The average molecular weight is 478 g/mol. The van der Waals surface area contributed by atoms with Crippen molar-refractivity contribution in [3.63, 3.8) is 0 Å². The Labute approximate surface area is 208 Å². The van der Waals surface area contributed by atoms with Crippen LogP contribution in [0.25, 0.3) is 10.9 Å². The van der Waals surface area contributed by atoms with Crippen LogP contribution < -0.4 is 5.32 Å². The van der Waals surface area contributed by atoms with Gasteiger partial charge in [-0.3, -0.25) is 9.69 Å². The first-order chi connectivity index (χ1) is 16.7. The second-order valence-corrected chi connectivity index (χ2v) is 10.6. The Morgan fingerprint density at radius 1 is 0.882 bits per heavy atom. The fourth-order valence-corrected chi connectivity index (χ4v) is 5.81. The molecule has 1 saturated heterocycles. The molecule has 0 bridgehead atoms. The minimum absolute atomic E-state index is 0.166. The maximum Gasteiger partial charge on any atom is 0.223 e. The summed E-state index contributed by atoms with van der Waals surface area (Å²) in [6.45, 7) is 3.70. The van der Waals surface area contributed by atoms with Gasteiger partial charge in [0.15, 0.2) is 0 Å². The lowest BCUT2D eigenvalue weighted by atomic mass is 9.95. The van der Waals surface area contributed by atoms with Gasteiger partial charge in [0.05, 0.1) is 0 Å². The van der Waals surface area contributed by atoms with Crippen LogP contribution in [0.15, 0.2) is 54.6 Å². The van der Waals surface area contributed by atoms with E-state index in [1.54, 1.807) is 0 Å². The molecule has 5 rings (SSSR count). The number of rotatable bonds is 6. The molecule has 5 heteroatoms. The number of nitrogens with zero attached hydrogens (tertiary/aromatic N) is 2. The van der Waals surface area contributed by atoms with Gasteiger partial charge >= 0.3 is 0 Å². The monoisotopic (exact) mass is 477 g/mol. The summed E-state index contributed by atoms with van der Waals surface area (Å²) < 4.78 is 2.43. The fraction of sp³-hybridized carbons (Fsp3) is 0.483. The molecule has 0 unspecified atom stereocenters. The van der Waals surface area contributed by atoms with Crippen LogP contribution in [0.5, 0.6) is 0 Å². The van der Waals surface area contributed by atoms with Gasteiger partial charge in [-0.15, -0.1) is 0 Å². The summed E-state index contributed by atoms with van der Waals surface area (Å²) in [5.41, 5.74) is 3.85. The van der Waals surface area contributed by atoms with Crippen molar-refractivity contribution in [1.29, 1.82) is 0 Å². The Morgan fingerprint density at radius 3 is 2.32 bits per heavy atom. The molecule has 1 aromatic heterocycles. The molecule has 1 N–H and O–H groups in total. The number of hydrogen-bond acceptors (Lipinski definition) is 2. The van der Waals surface area contributed by atoms with Crippen molar-refractivity contribution in [3.05, 3.63) is 70.9 Å². The van der Waals surface area contributed by atoms with Crippen molar-refractivity contribution in [1.82, 2.24) is 14.8 Å². The summed E-state index contributed by atoms with van der Waals surface area (Å²) in [6, 6.07) is 19.5. The third-order valence-corrected chi connectivity index (χ3v) is 7.95. The van der Waals surface area contributed by atoms with Crippen LogP contribution >= 0.6 is 11.6 Å². The summed E-state index contributed by atoms with van der Waals surface area (Å²) in [5, 5.41) is 5.43. The number of piperidine rings is 1. The summed E-state index contributed by atoms with van der Waals surface area (Å²) in [6.07, 6.45) is 9.37. The molecule has 3 aromatic rings. The predicted octanol–water partition coefficient (Wildman–Crippen LogP) is 6.39. The van der Waals surface area contributed by atoms with Crippen molar-refractivity contribution >= 4 is 28.4 Å². The van der Waals surface area contributed by atoms with E-state index in [0.29, 0.717) is 11.9 Å². The Bertz CT molecular complexity index is 1090. The van der Waals surface area contributed by atoms with E-state index in [9.17, 15) is 4.79 Å². The Hall–Kier alpha value is -2.30. The maximum atomic E-state index is 12.9. The van der Waals surface area contributed by atoms with Gasteiger partial charge in [0, 0.05) is 41.3 Å². The number of aromatic nitrogens is 1. The molecule has 0 radical (unpaired) electrons. The van der Waals surface area contributed by atoms with Gasteiger partial charge in [0.25, 0.3) is 0 Å². The van der Waals surface area contributed by atoms with E-state index in [0.717, 1.165) is 56.9 Å². The van der Waals surface area contributed by atoms with E-state index in [2.05, 4.69) is 57.2 Å². The number of halogens is 1. The molecule has 0 atom stereocenters. The number of amides is 1. The quantitative estimate of drug-likeness (QED) is 0.417. The van der Waals surface area contributed by atoms with Crippen molar-refractivity contribution in [2.45, 2.75) is 70.5 Å². The Kier molecular flexibility index (Phi) is 7.56. The highest BCUT2D eigenvalue weighted by molar-refractivity contribution is 6.30. The second-order valence-electron chi connectivity index (χ2n) is 10.2. The van der Waals surface area contributed by atoms with Gasteiger partial charge in [0.2, 0.25) is 5.91 Å². The normalized spacial score (nSPS) is 18.7. The lowest BCUT2D eigenvalue weighted by Crippen LogP contribution is -2.43. The van der Waals surface area contributed by atoms with Gasteiger partial charge in [-0.2, -0.15) is 0 Å². The Morgan fingerprint density at radius 2 is 1.59 bits per heavy atom. The smallest absolute Gasteiger partial charge is 0.223 e. The predicted molar refractivity (Wildman–Crippen MR) is 140 cm³/mol. The van der Waals surface area contributed by atoms with Crippen LogP contribution in [0.3, 0.4) is 0 Å². The largest absolute Gasteiger partial charge is 0.353 e. The zero-order valence-corrected chi connectivity index (χ0v) is 20.8.